The fourth-order valence-corrected chi connectivity index (χ4v) is 4.68. The summed E-state index contributed by atoms with van der Waals surface area (Å²) in [5.74, 6) is 0.285. The minimum atomic E-state index is -0.421. The van der Waals surface area contributed by atoms with E-state index in [4.69, 9.17) is 10.7 Å². The topological polar surface area (TPSA) is 91.1 Å². The highest BCUT2D eigenvalue weighted by atomic mass is 16.1. The Morgan fingerprint density at radius 2 is 2.11 bits per heavy atom. The fraction of sp³-hybridized carbons (Fsp3) is 0.550. The molecule has 4 heterocycles. The van der Waals surface area contributed by atoms with Crippen LogP contribution >= 0.6 is 0 Å². The fourth-order valence-electron chi connectivity index (χ4n) is 4.68. The molecule has 3 N–H and O–H groups in total. The van der Waals surface area contributed by atoms with Crippen molar-refractivity contribution in [3.63, 3.8) is 0 Å². The molecule has 2 aromatic rings. The van der Waals surface area contributed by atoms with E-state index < -0.39 is 5.91 Å². The number of hydrogen-bond acceptors (Lipinski definition) is 5. The lowest BCUT2D eigenvalue weighted by molar-refractivity contribution is 0.0430. The number of hydrogen-bond donors (Lipinski definition) is 2. The number of aromatic nitrogens is 3. The van der Waals surface area contributed by atoms with Crippen molar-refractivity contribution in [2.45, 2.75) is 44.6 Å². The zero-order chi connectivity index (χ0) is 18.9. The van der Waals surface area contributed by atoms with Gasteiger partial charge in [0.05, 0.1) is 23.1 Å². The van der Waals surface area contributed by atoms with Gasteiger partial charge in [-0.15, -0.1) is 0 Å². The second kappa shape index (κ2) is 7.31. The lowest BCUT2D eigenvalue weighted by Gasteiger charge is -2.51. The van der Waals surface area contributed by atoms with Crippen LogP contribution in [0.1, 0.15) is 54.4 Å². The highest BCUT2D eigenvalue weighted by Crippen LogP contribution is 2.43. The first-order valence-corrected chi connectivity index (χ1v) is 9.93. The Morgan fingerprint density at radius 1 is 1.30 bits per heavy atom. The van der Waals surface area contributed by atoms with Gasteiger partial charge in [-0.1, -0.05) is 13.3 Å². The van der Waals surface area contributed by atoms with Gasteiger partial charge in [-0.2, -0.15) is 0 Å². The predicted octanol–water partition coefficient (Wildman–Crippen LogP) is 2.06. The van der Waals surface area contributed by atoms with Crippen LogP contribution in [0.5, 0.6) is 0 Å². The zero-order valence-corrected chi connectivity index (χ0v) is 15.9. The standard InChI is InChI=1S/C20H28N6O/c1-2-3-10-26-11-6-16-17(24-14-23-16)20(26)7-12-25(13-8-20)19-15(18(21)27)5-4-9-22-19/h4-5,9,14H,2-3,6-8,10-13H2,1H3,(H2,21,27)(H,23,24). The van der Waals surface area contributed by atoms with Crippen molar-refractivity contribution in [3.05, 3.63) is 41.6 Å². The van der Waals surface area contributed by atoms with Crippen molar-refractivity contribution in [2.24, 2.45) is 5.73 Å². The number of nitrogens with two attached hydrogens (primary N) is 1. The van der Waals surface area contributed by atoms with Crippen LogP contribution in [0.2, 0.25) is 0 Å². The average Bonchev–Trinajstić information content (AvgIpc) is 3.18. The van der Waals surface area contributed by atoms with Gasteiger partial charge in [-0.25, -0.2) is 9.97 Å². The number of amides is 1. The van der Waals surface area contributed by atoms with E-state index in [1.165, 1.54) is 24.2 Å². The maximum Gasteiger partial charge on any atom is 0.252 e. The van der Waals surface area contributed by atoms with Crippen LogP contribution in [-0.4, -0.2) is 51.9 Å². The Hall–Kier alpha value is -2.41. The molecule has 0 atom stereocenters. The van der Waals surface area contributed by atoms with Gasteiger partial charge in [0.2, 0.25) is 0 Å². The molecule has 7 nitrogen and oxygen atoms in total. The van der Waals surface area contributed by atoms with Crippen LogP contribution in [0.4, 0.5) is 5.82 Å². The quantitative estimate of drug-likeness (QED) is 0.843. The second-order valence-electron chi connectivity index (χ2n) is 7.58. The molecule has 1 amide bonds. The van der Waals surface area contributed by atoms with E-state index in [2.05, 4.69) is 26.7 Å². The number of pyridine rings is 1. The van der Waals surface area contributed by atoms with Crippen molar-refractivity contribution in [3.8, 4) is 0 Å². The second-order valence-corrected chi connectivity index (χ2v) is 7.58. The Balaban J connectivity index is 1.60. The third-order valence-electron chi connectivity index (χ3n) is 6.12. The summed E-state index contributed by atoms with van der Waals surface area (Å²) in [7, 11) is 0. The summed E-state index contributed by atoms with van der Waals surface area (Å²) in [6.45, 7) is 6.11. The number of H-pyrrole nitrogens is 1. The lowest BCUT2D eigenvalue weighted by atomic mass is 9.78. The van der Waals surface area contributed by atoms with Crippen LogP contribution in [0, 0.1) is 0 Å². The molecule has 1 saturated heterocycles. The van der Waals surface area contributed by atoms with Crippen molar-refractivity contribution in [2.75, 3.05) is 31.1 Å². The van der Waals surface area contributed by atoms with Crippen molar-refractivity contribution in [1.29, 1.82) is 0 Å². The number of rotatable bonds is 5. The van der Waals surface area contributed by atoms with E-state index in [0.29, 0.717) is 11.4 Å². The van der Waals surface area contributed by atoms with Gasteiger partial charge in [0.25, 0.3) is 5.91 Å². The van der Waals surface area contributed by atoms with Crippen molar-refractivity contribution >= 4 is 11.7 Å². The molecule has 1 fully saturated rings. The molecule has 0 unspecified atom stereocenters. The van der Waals surface area contributed by atoms with E-state index >= 15 is 0 Å². The maximum absolute atomic E-state index is 11.8. The Bertz CT molecular complexity index is 808. The SMILES string of the molecule is CCCCN1CCc2[nH]cnc2C12CCN(c1ncccc1C(N)=O)CC2. The number of nitrogens with zero attached hydrogens (tertiary/aromatic N) is 4. The van der Waals surface area contributed by atoms with Crippen LogP contribution in [0.25, 0.3) is 0 Å². The number of carbonyl (C=O) groups excluding carboxylic acids is 1. The molecule has 0 radical (unpaired) electrons. The van der Waals surface area contributed by atoms with Gasteiger partial charge in [-0.05, 0) is 37.9 Å². The monoisotopic (exact) mass is 368 g/mol. The molecule has 2 aliphatic rings. The number of anilines is 1. The molecule has 0 saturated carbocycles. The minimum Gasteiger partial charge on any atom is -0.365 e. The molecule has 144 valence electrons. The number of nitrogens with one attached hydrogen (secondary N) is 1. The average molecular weight is 368 g/mol. The van der Waals surface area contributed by atoms with Gasteiger partial charge in [0.1, 0.15) is 5.82 Å². The van der Waals surface area contributed by atoms with E-state index in [1.807, 2.05) is 6.33 Å². The maximum atomic E-state index is 11.8. The van der Waals surface area contributed by atoms with Gasteiger partial charge in [-0.3, -0.25) is 9.69 Å². The van der Waals surface area contributed by atoms with E-state index in [9.17, 15) is 4.79 Å². The smallest absolute Gasteiger partial charge is 0.252 e. The van der Waals surface area contributed by atoms with E-state index in [-0.39, 0.29) is 5.54 Å². The van der Waals surface area contributed by atoms with Crippen LogP contribution in [0.3, 0.4) is 0 Å². The number of piperidine rings is 1. The van der Waals surface area contributed by atoms with Gasteiger partial charge in [0, 0.05) is 37.9 Å². The number of carbonyl (C=O) groups is 1. The van der Waals surface area contributed by atoms with Gasteiger partial charge in [0.15, 0.2) is 0 Å². The first-order valence-electron chi connectivity index (χ1n) is 9.93. The lowest BCUT2D eigenvalue weighted by Crippen LogP contribution is -2.57. The summed E-state index contributed by atoms with van der Waals surface area (Å²) in [4.78, 5) is 29.2. The molecule has 0 aromatic carbocycles. The highest BCUT2D eigenvalue weighted by Gasteiger charge is 2.46. The summed E-state index contributed by atoms with van der Waals surface area (Å²) in [5.41, 5.74) is 8.55. The largest absolute Gasteiger partial charge is 0.365 e. The zero-order valence-electron chi connectivity index (χ0n) is 15.9. The van der Waals surface area contributed by atoms with E-state index in [1.54, 1.807) is 18.3 Å². The van der Waals surface area contributed by atoms with Gasteiger partial charge >= 0.3 is 0 Å². The number of unbranched alkanes of at least 4 members (excludes halogenated alkanes) is 1. The number of aromatic amines is 1. The Labute approximate surface area is 160 Å². The molecule has 0 bridgehead atoms. The molecular weight excluding hydrogens is 340 g/mol. The molecule has 2 aromatic heterocycles. The van der Waals surface area contributed by atoms with Crippen LogP contribution in [-0.2, 0) is 12.0 Å². The number of fused-ring (bicyclic) bond motifs is 2. The van der Waals surface area contributed by atoms with Crippen LogP contribution < -0.4 is 10.6 Å². The molecule has 7 heteroatoms. The third kappa shape index (κ3) is 3.10. The summed E-state index contributed by atoms with van der Waals surface area (Å²) in [5, 5.41) is 0. The first-order chi connectivity index (χ1) is 13.2. The Kier molecular flexibility index (Phi) is 4.86. The highest BCUT2D eigenvalue weighted by molar-refractivity contribution is 5.97. The molecule has 0 aliphatic carbocycles. The Morgan fingerprint density at radius 3 is 2.85 bits per heavy atom. The van der Waals surface area contributed by atoms with Crippen molar-refractivity contribution in [1.82, 2.24) is 19.9 Å². The first kappa shape index (κ1) is 18.0. The molecule has 2 aliphatic heterocycles. The summed E-state index contributed by atoms with van der Waals surface area (Å²) in [6.07, 6.45) is 8.96. The normalized spacial score (nSPS) is 19.2. The van der Waals surface area contributed by atoms with Crippen LogP contribution in [0.15, 0.2) is 24.7 Å². The predicted molar refractivity (Wildman–Crippen MR) is 105 cm³/mol. The number of imidazole rings is 1. The molecule has 1 spiro atoms. The number of primary amides is 1. The van der Waals surface area contributed by atoms with Crippen molar-refractivity contribution < 1.29 is 4.79 Å². The summed E-state index contributed by atoms with van der Waals surface area (Å²) < 4.78 is 0. The van der Waals surface area contributed by atoms with Gasteiger partial charge < -0.3 is 15.6 Å². The summed E-state index contributed by atoms with van der Waals surface area (Å²) in [6, 6.07) is 3.52. The molecule has 27 heavy (non-hydrogen) atoms. The minimum absolute atomic E-state index is 0.0130. The molecule has 4 rings (SSSR count). The molecular formula is C20H28N6O. The van der Waals surface area contributed by atoms with E-state index in [0.717, 1.165) is 45.4 Å². The summed E-state index contributed by atoms with van der Waals surface area (Å²) >= 11 is 0. The third-order valence-corrected chi connectivity index (χ3v) is 6.12.